The van der Waals surface area contributed by atoms with Crippen LogP contribution in [0.25, 0.3) is 10.9 Å². The number of benzene rings is 2. The first kappa shape index (κ1) is 17.2. The summed E-state index contributed by atoms with van der Waals surface area (Å²) in [5.41, 5.74) is 4.76. The molecule has 0 atom stereocenters. The van der Waals surface area contributed by atoms with Crippen molar-refractivity contribution in [3.05, 3.63) is 70.4 Å². The Balaban J connectivity index is 1.40. The summed E-state index contributed by atoms with van der Waals surface area (Å²) in [5.74, 6) is 0.728. The highest BCUT2D eigenvalue weighted by molar-refractivity contribution is 6.31. The normalized spacial score (nSPS) is 15.5. The third kappa shape index (κ3) is 3.49. The van der Waals surface area contributed by atoms with Crippen molar-refractivity contribution in [3.63, 3.8) is 0 Å². The minimum absolute atomic E-state index is 0.234. The zero-order valence-corrected chi connectivity index (χ0v) is 15.7. The average Bonchev–Trinajstić information content (AvgIpc) is 3.06. The van der Waals surface area contributed by atoms with Crippen molar-refractivity contribution in [1.29, 1.82) is 0 Å². The highest BCUT2D eigenvalue weighted by Gasteiger charge is 2.25. The highest BCUT2D eigenvalue weighted by Crippen LogP contribution is 2.34. The van der Waals surface area contributed by atoms with Crippen molar-refractivity contribution in [3.8, 4) is 0 Å². The van der Waals surface area contributed by atoms with Crippen LogP contribution in [-0.4, -0.2) is 28.9 Å². The van der Waals surface area contributed by atoms with Crippen LogP contribution < -0.4 is 0 Å². The maximum atomic E-state index is 12.6. The van der Waals surface area contributed by atoms with Crippen molar-refractivity contribution < 1.29 is 4.79 Å². The molecule has 3 nitrogen and oxygen atoms in total. The molecule has 1 N–H and O–H groups in total. The van der Waals surface area contributed by atoms with Crippen LogP contribution in [0.15, 0.2) is 48.7 Å². The van der Waals surface area contributed by atoms with Crippen LogP contribution in [0.3, 0.4) is 0 Å². The van der Waals surface area contributed by atoms with E-state index in [0.717, 1.165) is 42.0 Å². The second kappa shape index (κ2) is 7.16. The summed E-state index contributed by atoms with van der Waals surface area (Å²) in [6, 6.07) is 14.3. The fraction of sp³-hybridized carbons (Fsp3) is 0.318. The van der Waals surface area contributed by atoms with Crippen molar-refractivity contribution in [2.45, 2.75) is 32.1 Å². The number of likely N-dealkylation sites (tertiary alicyclic amines) is 1. The molecule has 0 unspecified atom stereocenters. The molecule has 4 heteroatoms. The number of fused-ring (bicyclic) bond motifs is 1. The first-order valence-corrected chi connectivity index (χ1v) is 9.58. The number of nitrogens with zero attached hydrogens (tertiary/aromatic N) is 1. The molecule has 0 saturated carbocycles. The highest BCUT2D eigenvalue weighted by atomic mass is 35.5. The van der Waals surface area contributed by atoms with Crippen molar-refractivity contribution >= 4 is 28.4 Å². The van der Waals surface area contributed by atoms with Gasteiger partial charge in [-0.3, -0.25) is 4.79 Å². The van der Waals surface area contributed by atoms with Crippen molar-refractivity contribution in [2.24, 2.45) is 0 Å². The fourth-order valence-corrected chi connectivity index (χ4v) is 4.06. The van der Waals surface area contributed by atoms with E-state index >= 15 is 0 Å². The van der Waals surface area contributed by atoms with Gasteiger partial charge >= 0.3 is 0 Å². The monoisotopic (exact) mass is 366 g/mol. The Labute approximate surface area is 159 Å². The standard InChI is InChI=1S/C22H23ClN2O/c1-15-2-4-16(5-3-15)12-22(26)25-10-8-17(9-11-25)20-14-24-21-13-18(23)6-7-19(20)21/h2-7,13-14,17,24H,8-12H2,1H3. The number of aromatic amines is 1. The van der Waals surface area contributed by atoms with Crippen LogP contribution in [0.2, 0.25) is 5.02 Å². The molecule has 1 aliphatic rings. The summed E-state index contributed by atoms with van der Waals surface area (Å²) in [4.78, 5) is 17.9. The van der Waals surface area contributed by atoms with E-state index in [2.05, 4.69) is 48.4 Å². The molecule has 0 bridgehead atoms. The summed E-state index contributed by atoms with van der Waals surface area (Å²) >= 11 is 6.08. The Hall–Kier alpha value is -2.26. The van der Waals surface area contributed by atoms with E-state index < -0.39 is 0 Å². The Kier molecular flexibility index (Phi) is 4.73. The van der Waals surface area contributed by atoms with Crippen LogP contribution >= 0.6 is 11.6 Å². The van der Waals surface area contributed by atoms with Gasteiger partial charge in [0.2, 0.25) is 5.91 Å². The van der Waals surface area contributed by atoms with E-state index in [1.807, 2.05) is 17.0 Å². The van der Waals surface area contributed by atoms with Gasteiger partial charge in [0.05, 0.1) is 6.42 Å². The van der Waals surface area contributed by atoms with Crippen LogP contribution in [-0.2, 0) is 11.2 Å². The minimum Gasteiger partial charge on any atom is -0.361 e. The van der Waals surface area contributed by atoms with Gasteiger partial charge in [0.25, 0.3) is 0 Å². The third-order valence-electron chi connectivity index (χ3n) is 5.44. The van der Waals surface area contributed by atoms with Crippen LogP contribution in [0.4, 0.5) is 0 Å². The van der Waals surface area contributed by atoms with Gasteiger partial charge < -0.3 is 9.88 Å². The molecular weight excluding hydrogens is 344 g/mol. The molecule has 0 aliphatic carbocycles. The molecule has 1 fully saturated rings. The third-order valence-corrected chi connectivity index (χ3v) is 5.67. The number of carbonyl (C=O) groups is 1. The molecule has 1 saturated heterocycles. The number of hydrogen-bond donors (Lipinski definition) is 1. The van der Waals surface area contributed by atoms with E-state index in [0.29, 0.717) is 12.3 Å². The molecular formula is C22H23ClN2O. The largest absolute Gasteiger partial charge is 0.361 e. The molecule has 2 aromatic carbocycles. The molecule has 3 aromatic rings. The van der Waals surface area contributed by atoms with Gasteiger partial charge in [0, 0.05) is 35.2 Å². The molecule has 0 radical (unpaired) electrons. The smallest absolute Gasteiger partial charge is 0.226 e. The summed E-state index contributed by atoms with van der Waals surface area (Å²) in [6.07, 6.45) is 4.62. The Morgan fingerprint density at radius 3 is 2.62 bits per heavy atom. The lowest BCUT2D eigenvalue weighted by Crippen LogP contribution is -2.38. The average molecular weight is 367 g/mol. The maximum absolute atomic E-state index is 12.6. The lowest BCUT2D eigenvalue weighted by atomic mass is 9.89. The van der Waals surface area contributed by atoms with Gasteiger partial charge in [-0.05, 0) is 48.9 Å². The summed E-state index contributed by atoms with van der Waals surface area (Å²) in [5, 5.41) is 2.00. The number of halogens is 1. The van der Waals surface area contributed by atoms with E-state index in [9.17, 15) is 4.79 Å². The number of nitrogens with one attached hydrogen (secondary N) is 1. The van der Waals surface area contributed by atoms with Gasteiger partial charge in [-0.25, -0.2) is 0 Å². The fourth-order valence-electron chi connectivity index (χ4n) is 3.89. The number of amides is 1. The van der Waals surface area contributed by atoms with Crippen molar-refractivity contribution in [1.82, 2.24) is 9.88 Å². The van der Waals surface area contributed by atoms with E-state index in [4.69, 9.17) is 11.6 Å². The number of aromatic nitrogens is 1. The summed E-state index contributed by atoms with van der Waals surface area (Å²) < 4.78 is 0. The molecule has 2 heterocycles. The van der Waals surface area contributed by atoms with Gasteiger partial charge in [0.15, 0.2) is 0 Å². The lowest BCUT2D eigenvalue weighted by Gasteiger charge is -2.32. The number of H-pyrrole nitrogens is 1. The Morgan fingerprint density at radius 1 is 1.15 bits per heavy atom. The van der Waals surface area contributed by atoms with E-state index in [-0.39, 0.29) is 5.91 Å². The van der Waals surface area contributed by atoms with Gasteiger partial charge in [-0.2, -0.15) is 0 Å². The number of hydrogen-bond acceptors (Lipinski definition) is 1. The molecule has 1 aromatic heterocycles. The van der Waals surface area contributed by atoms with Crippen molar-refractivity contribution in [2.75, 3.05) is 13.1 Å². The molecule has 4 rings (SSSR count). The van der Waals surface area contributed by atoms with E-state index in [1.54, 1.807) is 0 Å². The number of carbonyl (C=O) groups excluding carboxylic acids is 1. The maximum Gasteiger partial charge on any atom is 0.226 e. The Morgan fingerprint density at radius 2 is 1.88 bits per heavy atom. The summed E-state index contributed by atoms with van der Waals surface area (Å²) in [6.45, 7) is 3.72. The van der Waals surface area contributed by atoms with Crippen LogP contribution in [0.5, 0.6) is 0 Å². The van der Waals surface area contributed by atoms with Crippen LogP contribution in [0, 0.1) is 6.92 Å². The van der Waals surface area contributed by atoms with Crippen LogP contribution in [0.1, 0.15) is 35.4 Å². The second-order valence-electron chi connectivity index (χ2n) is 7.25. The van der Waals surface area contributed by atoms with E-state index in [1.165, 1.54) is 16.5 Å². The second-order valence-corrected chi connectivity index (χ2v) is 7.69. The predicted molar refractivity (Wildman–Crippen MR) is 107 cm³/mol. The van der Waals surface area contributed by atoms with Gasteiger partial charge in [-0.1, -0.05) is 47.5 Å². The molecule has 1 amide bonds. The van der Waals surface area contributed by atoms with Gasteiger partial charge in [-0.15, -0.1) is 0 Å². The number of aryl methyl sites for hydroxylation is 1. The topological polar surface area (TPSA) is 36.1 Å². The molecule has 1 aliphatic heterocycles. The number of piperidine rings is 1. The Bertz CT molecular complexity index is 921. The first-order chi connectivity index (χ1) is 12.6. The minimum atomic E-state index is 0.234. The molecule has 26 heavy (non-hydrogen) atoms. The van der Waals surface area contributed by atoms with Gasteiger partial charge in [0.1, 0.15) is 0 Å². The molecule has 0 spiro atoms. The zero-order chi connectivity index (χ0) is 18.1. The lowest BCUT2D eigenvalue weighted by molar-refractivity contribution is -0.131. The first-order valence-electron chi connectivity index (χ1n) is 9.20. The predicted octanol–water partition coefficient (Wildman–Crippen LogP) is 5.08. The summed E-state index contributed by atoms with van der Waals surface area (Å²) in [7, 11) is 0. The molecule has 134 valence electrons. The SMILES string of the molecule is Cc1ccc(CC(=O)N2CCC(c3c[nH]c4cc(Cl)ccc34)CC2)cc1. The quantitative estimate of drug-likeness (QED) is 0.689. The number of rotatable bonds is 3. The zero-order valence-electron chi connectivity index (χ0n) is 15.0.